The fourth-order valence-corrected chi connectivity index (χ4v) is 5.57. The van der Waals surface area contributed by atoms with E-state index in [0.717, 1.165) is 22.9 Å². The summed E-state index contributed by atoms with van der Waals surface area (Å²) < 4.78 is 0. The van der Waals surface area contributed by atoms with E-state index < -0.39 is 29.7 Å². The molecule has 2 aromatic carbocycles. The van der Waals surface area contributed by atoms with E-state index >= 15 is 0 Å². The van der Waals surface area contributed by atoms with Crippen LogP contribution in [0, 0.1) is 5.92 Å². The Hall–Kier alpha value is -4.27. The molecule has 2 heterocycles. The molecule has 2 fully saturated rings. The molecule has 39 heavy (non-hydrogen) atoms. The molecule has 1 saturated heterocycles. The average molecular weight is 529 g/mol. The number of para-hydroxylation sites is 1. The van der Waals surface area contributed by atoms with Gasteiger partial charge in [-0.25, -0.2) is 0 Å². The van der Waals surface area contributed by atoms with E-state index in [1.54, 1.807) is 6.07 Å². The first-order chi connectivity index (χ1) is 18.9. The summed E-state index contributed by atoms with van der Waals surface area (Å²) in [6.07, 6.45) is 2.95. The van der Waals surface area contributed by atoms with Gasteiger partial charge in [-0.15, -0.1) is 0 Å². The van der Waals surface area contributed by atoms with E-state index in [2.05, 4.69) is 15.6 Å². The number of benzene rings is 2. The zero-order valence-electron chi connectivity index (χ0n) is 21.7. The molecule has 1 aromatic heterocycles. The maximum absolute atomic E-state index is 13.5. The van der Waals surface area contributed by atoms with Crippen LogP contribution < -0.4 is 10.6 Å². The SMILES string of the molecule is O=C(NCc1ccccc1)C(=O)[C@H](C[C@@H]1CCCC1=O)NC(=O)[C@@H]1CCCN1C(=O)c1cc2ccccc2[nH]1. The van der Waals surface area contributed by atoms with E-state index in [9.17, 15) is 24.0 Å². The second-order valence-electron chi connectivity index (χ2n) is 10.3. The van der Waals surface area contributed by atoms with Crippen LogP contribution >= 0.6 is 0 Å². The maximum Gasteiger partial charge on any atom is 0.289 e. The molecule has 0 spiro atoms. The number of nitrogens with one attached hydrogen (secondary N) is 3. The molecule has 9 heteroatoms. The molecule has 5 rings (SSSR count). The lowest BCUT2D eigenvalue weighted by atomic mass is 9.94. The Kier molecular flexibility index (Phi) is 7.86. The van der Waals surface area contributed by atoms with Crippen molar-refractivity contribution in [3.63, 3.8) is 0 Å². The highest BCUT2D eigenvalue weighted by Gasteiger charge is 2.39. The lowest BCUT2D eigenvalue weighted by Crippen LogP contribution is -2.54. The van der Waals surface area contributed by atoms with Crippen LogP contribution in [0.15, 0.2) is 60.7 Å². The van der Waals surface area contributed by atoms with Gasteiger partial charge in [-0.2, -0.15) is 0 Å². The number of H-pyrrole nitrogens is 1. The number of ketones is 2. The zero-order valence-corrected chi connectivity index (χ0v) is 21.7. The Morgan fingerprint density at radius 3 is 2.49 bits per heavy atom. The van der Waals surface area contributed by atoms with Crippen LogP contribution in [0.2, 0.25) is 0 Å². The van der Waals surface area contributed by atoms with E-state index in [1.165, 1.54) is 4.90 Å². The molecule has 3 N–H and O–H groups in total. The van der Waals surface area contributed by atoms with Crippen LogP contribution in [0.25, 0.3) is 10.9 Å². The summed E-state index contributed by atoms with van der Waals surface area (Å²) in [5.41, 5.74) is 2.05. The van der Waals surface area contributed by atoms with Crippen molar-refractivity contribution in [3.05, 3.63) is 71.9 Å². The Bertz CT molecular complexity index is 1370. The first-order valence-electron chi connectivity index (χ1n) is 13.5. The van der Waals surface area contributed by atoms with Gasteiger partial charge in [0.15, 0.2) is 0 Å². The molecule has 1 aliphatic heterocycles. The molecule has 1 saturated carbocycles. The molecule has 9 nitrogen and oxygen atoms in total. The van der Waals surface area contributed by atoms with E-state index in [-0.39, 0.29) is 30.6 Å². The summed E-state index contributed by atoms with van der Waals surface area (Å²) in [5.74, 6) is -2.72. The number of rotatable bonds is 9. The monoisotopic (exact) mass is 528 g/mol. The second-order valence-corrected chi connectivity index (χ2v) is 10.3. The molecule has 202 valence electrons. The van der Waals surface area contributed by atoms with Crippen LogP contribution in [0.5, 0.6) is 0 Å². The first kappa shape index (κ1) is 26.3. The number of carbonyl (C=O) groups excluding carboxylic acids is 5. The van der Waals surface area contributed by atoms with Gasteiger partial charge < -0.3 is 20.5 Å². The maximum atomic E-state index is 13.5. The molecule has 3 atom stereocenters. The van der Waals surface area contributed by atoms with Gasteiger partial charge in [0.05, 0.1) is 6.04 Å². The van der Waals surface area contributed by atoms with Gasteiger partial charge in [-0.05, 0) is 49.8 Å². The van der Waals surface area contributed by atoms with Crippen LogP contribution in [-0.2, 0) is 25.7 Å². The second kappa shape index (κ2) is 11.6. The number of Topliss-reactive ketones (excluding diaryl/α,β-unsaturated/α-hetero) is 2. The summed E-state index contributed by atoms with van der Waals surface area (Å²) >= 11 is 0. The minimum atomic E-state index is -1.15. The topological polar surface area (TPSA) is 128 Å². The number of likely N-dealkylation sites (tertiary alicyclic amines) is 1. The Morgan fingerprint density at radius 2 is 1.74 bits per heavy atom. The molecule has 0 radical (unpaired) electrons. The van der Waals surface area contributed by atoms with E-state index in [1.807, 2.05) is 54.6 Å². The van der Waals surface area contributed by atoms with Crippen molar-refractivity contribution in [2.75, 3.05) is 6.54 Å². The molecule has 0 bridgehead atoms. The predicted molar refractivity (Wildman–Crippen MR) is 145 cm³/mol. The lowest BCUT2D eigenvalue weighted by molar-refractivity contribution is -0.141. The Labute approximate surface area is 226 Å². The van der Waals surface area contributed by atoms with Crippen molar-refractivity contribution in [2.24, 2.45) is 5.92 Å². The third-order valence-corrected chi connectivity index (χ3v) is 7.68. The minimum absolute atomic E-state index is 0.0447. The number of hydrogen-bond acceptors (Lipinski definition) is 5. The number of nitrogens with zero attached hydrogens (tertiary/aromatic N) is 1. The van der Waals surface area contributed by atoms with E-state index in [0.29, 0.717) is 37.9 Å². The quantitative estimate of drug-likeness (QED) is 0.368. The summed E-state index contributed by atoms with van der Waals surface area (Å²) in [7, 11) is 0. The highest BCUT2D eigenvalue weighted by molar-refractivity contribution is 6.38. The van der Waals surface area contributed by atoms with Gasteiger partial charge in [0.25, 0.3) is 11.8 Å². The molecular formula is C30H32N4O5. The largest absolute Gasteiger partial charge is 0.351 e. The van der Waals surface area contributed by atoms with E-state index in [4.69, 9.17) is 0 Å². The highest BCUT2D eigenvalue weighted by Crippen LogP contribution is 2.27. The van der Waals surface area contributed by atoms with Crippen molar-refractivity contribution >= 4 is 40.2 Å². The predicted octanol–water partition coefficient (Wildman–Crippen LogP) is 2.90. The summed E-state index contributed by atoms with van der Waals surface area (Å²) in [5, 5.41) is 6.27. The van der Waals surface area contributed by atoms with Crippen molar-refractivity contribution < 1.29 is 24.0 Å². The van der Waals surface area contributed by atoms with Crippen molar-refractivity contribution in [2.45, 2.75) is 57.2 Å². The number of amides is 3. The fourth-order valence-electron chi connectivity index (χ4n) is 5.57. The Morgan fingerprint density at radius 1 is 0.974 bits per heavy atom. The minimum Gasteiger partial charge on any atom is -0.351 e. The summed E-state index contributed by atoms with van der Waals surface area (Å²) in [6, 6.07) is 16.6. The van der Waals surface area contributed by atoms with Crippen LogP contribution in [0.3, 0.4) is 0 Å². The molecular weight excluding hydrogens is 496 g/mol. The Balaban J connectivity index is 1.29. The van der Waals surface area contributed by atoms with Gasteiger partial charge in [0.1, 0.15) is 17.5 Å². The lowest BCUT2D eigenvalue weighted by Gasteiger charge is -2.26. The smallest absolute Gasteiger partial charge is 0.289 e. The number of hydrogen-bond donors (Lipinski definition) is 3. The number of aromatic nitrogens is 1. The number of fused-ring (bicyclic) bond motifs is 1. The van der Waals surface area contributed by atoms with Crippen LogP contribution in [0.1, 0.15) is 54.6 Å². The van der Waals surface area contributed by atoms with Crippen molar-refractivity contribution in [1.29, 1.82) is 0 Å². The molecule has 3 aromatic rings. The normalized spacial score (nSPS) is 19.7. The summed E-state index contributed by atoms with van der Waals surface area (Å²) in [6.45, 7) is 0.577. The third-order valence-electron chi connectivity index (χ3n) is 7.68. The molecule has 3 amide bonds. The van der Waals surface area contributed by atoms with Crippen molar-refractivity contribution in [3.8, 4) is 0 Å². The third kappa shape index (κ3) is 5.92. The van der Waals surface area contributed by atoms with Crippen molar-refractivity contribution in [1.82, 2.24) is 20.5 Å². The standard InChI is InChI=1S/C30H32N4O5/c35-26-14-6-11-21(26)17-23(27(36)29(38)31-18-19-8-2-1-3-9-19)33-28(37)25-13-7-15-34(25)30(39)24-16-20-10-4-5-12-22(20)32-24/h1-5,8-10,12,16,21,23,25,32H,6-7,11,13-15,17-18H2,(H,31,38)(H,33,37)/t21-,23-,25-/m0/s1. The number of carbonyl (C=O) groups is 5. The zero-order chi connectivity index (χ0) is 27.4. The average Bonchev–Trinajstić information content (AvgIpc) is 3.71. The van der Waals surface area contributed by atoms with Gasteiger partial charge >= 0.3 is 0 Å². The fraction of sp³-hybridized carbons (Fsp3) is 0.367. The summed E-state index contributed by atoms with van der Waals surface area (Å²) in [4.78, 5) is 69.8. The van der Waals surface area contributed by atoms with Gasteiger partial charge in [0, 0.05) is 36.3 Å². The highest BCUT2D eigenvalue weighted by atomic mass is 16.2. The van der Waals surface area contributed by atoms with Crippen LogP contribution in [0.4, 0.5) is 0 Å². The van der Waals surface area contributed by atoms with Gasteiger partial charge in [-0.1, -0.05) is 48.5 Å². The van der Waals surface area contributed by atoms with Gasteiger partial charge in [-0.3, -0.25) is 24.0 Å². The van der Waals surface area contributed by atoms with Crippen LogP contribution in [-0.4, -0.2) is 57.8 Å². The molecule has 2 aliphatic rings. The molecule has 1 aliphatic carbocycles. The van der Waals surface area contributed by atoms with Gasteiger partial charge in [0.2, 0.25) is 11.7 Å². The number of aromatic amines is 1. The first-order valence-corrected chi connectivity index (χ1v) is 13.5. The molecule has 0 unspecified atom stereocenters.